The summed E-state index contributed by atoms with van der Waals surface area (Å²) in [6.45, 7) is 5.22. The molecule has 0 aliphatic carbocycles. The van der Waals surface area contributed by atoms with E-state index in [0.717, 1.165) is 38.0 Å². The smallest absolute Gasteiger partial charge is 0.111 e. The first kappa shape index (κ1) is 13.5. The second-order valence-corrected chi connectivity index (χ2v) is 4.78. The van der Waals surface area contributed by atoms with Gasteiger partial charge in [0.1, 0.15) is 5.76 Å². The third-order valence-corrected chi connectivity index (χ3v) is 3.96. The zero-order valence-corrected chi connectivity index (χ0v) is 11.1. The van der Waals surface area contributed by atoms with E-state index in [0.29, 0.717) is 0 Å². The van der Waals surface area contributed by atoms with Crippen molar-refractivity contribution in [2.75, 3.05) is 20.7 Å². The summed E-state index contributed by atoms with van der Waals surface area (Å²) in [5, 5.41) is 0. The van der Waals surface area contributed by atoms with E-state index in [2.05, 4.69) is 38.9 Å². The van der Waals surface area contributed by atoms with Gasteiger partial charge in [0.25, 0.3) is 0 Å². The maximum atomic E-state index is 6.41. The van der Waals surface area contributed by atoms with Crippen LogP contribution in [0.2, 0.25) is 0 Å². The van der Waals surface area contributed by atoms with Gasteiger partial charge >= 0.3 is 0 Å². The van der Waals surface area contributed by atoms with Crippen LogP contribution in [-0.4, -0.2) is 37.2 Å². The van der Waals surface area contributed by atoms with E-state index in [4.69, 9.17) is 10.5 Å². The number of ether oxygens (including phenoxy) is 1. The normalized spacial score (nSPS) is 19.2. The van der Waals surface area contributed by atoms with E-state index in [1.807, 2.05) is 0 Å². The molecule has 1 rings (SSSR count). The monoisotopic (exact) mass is 226 g/mol. The topological polar surface area (TPSA) is 38.5 Å². The van der Waals surface area contributed by atoms with Crippen LogP contribution in [0.25, 0.3) is 0 Å². The van der Waals surface area contributed by atoms with Gasteiger partial charge in [0.2, 0.25) is 0 Å². The van der Waals surface area contributed by atoms with Crippen molar-refractivity contribution in [3.05, 3.63) is 11.8 Å². The van der Waals surface area contributed by atoms with Gasteiger partial charge in [-0.2, -0.15) is 0 Å². The fourth-order valence-corrected chi connectivity index (χ4v) is 2.66. The minimum atomic E-state index is -0.0159. The molecule has 0 radical (unpaired) electrons. The lowest BCUT2D eigenvalue weighted by Crippen LogP contribution is -2.58. The molecule has 0 saturated heterocycles. The molecular formula is C13H26N2O. The highest BCUT2D eigenvalue weighted by molar-refractivity contribution is 5.14. The molecule has 94 valence electrons. The van der Waals surface area contributed by atoms with Crippen molar-refractivity contribution < 1.29 is 4.74 Å². The lowest BCUT2D eigenvalue weighted by molar-refractivity contribution is 0.0758. The molecule has 3 heteroatoms. The van der Waals surface area contributed by atoms with Crippen molar-refractivity contribution in [1.82, 2.24) is 4.90 Å². The summed E-state index contributed by atoms with van der Waals surface area (Å²) in [7, 11) is 4.21. The van der Waals surface area contributed by atoms with Gasteiger partial charge in [-0.25, -0.2) is 0 Å². The predicted octanol–water partition coefficient (Wildman–Crippen LogP) is 2.13. The van der Waals surface area contributed by atoms with Crippen LogP contribution in [0.15, 0.2) is 11.8 Å². The Kier molecular flexibility index (Phi) is 4.81. The predicted molar refractivity (Wildman–Crippen MR) is 68.2 cm³/mol. The zero-order valence-electron chi connectivity index (χ0n) is 11.1. The molecule has 0 aromatic rings. The minimum absolute atomic E-state index is 0.0159. The van der Waals surface area contributed by atoms with Crippen LogP contribution in [0, 0.1) is 0 Å². The maximum absolute atomic E-state index is 6.41. The Balaban J connectivity index is 2.89. The molecule has 0 fully saturated rings. The Hall–Kier alpha value is -0.540. The average Bonchev–Trinajstić information content (AvgIpc) is 2.32. The van der Waals surface area contributed by atoms with Crippen molar-refractivity contribution in [3.8, 4) is 0 Å². The Morgan fingerprint density at radius 1 is 1.44 bits per heavy atom. The van der Waals surface area contributed by atoms with E-state index < -0.39 is 0 Å². The highest BCUT2D eigenvalue weighted by Crippen LogP contribution is 2.30. The zero-order chi connectivity index (χ0) is 12.2. The molecule has 0 amide bonds. The van der Waals surface area contributed by atoms with Gasteiger partial charge in [0.05, 0.1) is 12.6 Å². The molecule has 0 spiro atoms. The van der Waals surface area contributed by atoms with Gasteiger partial charge in [0, 0.05) is 5.54 Å². The lowest BCUT2D eigenvalue weighted by Gasteiger charge is -2.44. The van der Waals surface area contributed by atoms with Crippen molar-refractivity contribution in [3.63, 3.8) is 0 Å². The molecule has 16 heavy (non-hydrogen) atoms. The quantitative estimate of drug-likeness (QED) is 0.780. The number of nitrogens with zero attached hydrogens (tertiary/aromatic N) is 1. The maximum Gasteiger partial charge on any atom is 0.111 e. The van der Waals surface area contributed by atoms with E-state index in [1.165, 1.54) is 0 Å². The number of allylic oxidation sites excluding steroid dienone is 1. The molecule has 1 aliphatic heterocycles. The molecule has 1 heterocycles. The van der Waals surface area contributed by atoms with Gasteiger partial charge in [-0.05, 0) is 45.9 Å². The van der Waals surface area contributed by atoms with Crippen LogP contribution in [0.1, 0.15) is 39.5 Å². The lowest BCUT2D eigenvalue weighted by atomic mass is 9.82. The van der Waals surface area contributed by atoms with E-state index in [9.17, 15) is 0 Å². The first-order valence-corrected chi connectivity index (χ1v) is 6.34. The summed E-state index contributed by atoms with van der Waals surface area (Å²) in [4.78, 5) is 2.25. The van der Waals surface area contributed by atoms with E-state index in [-0.39, 0.29) is 11.6 Å². The summed E-state index contributed by atoms with van der Waals surface area (Å²) in [6.07, 6.45) is 6.46. The first-order valence-electron chi connectivity index (χ1n) is 6.34. The minimum Gasteiger partial charge on any atom is -0.497 e. The molecule has 0 aromatic carbocycles. The van der Waals surface area contributed by atoms with Crippen LogP contribution < -0.4 is 5.73 Å². The molecule has 1 aliphatic rings. The Morgan fingerprint density at radius 2 is 2.06 bits per heavy atom. The van der Waals surface area contributed by atoms with E-state index in [1.54, 1.807) is 0 Å². The molecule has 3 nitrogen and oxygen atoms in total. The van der Waals surface area contributed by atoms with Crippen LogP contribution in [-0.2, 0) is 4.74 Å². The summed E-state index contributed by atoms with van der Waals surface area (Å²) in [6, 6.07) is -0.0159. The van der Waals surface area contributed by atoms with Gasteiger partial charge in [-0.1, -0.05) is 13.8 Å². The summed E-state index contributed by atoms with van der Waals surface area (Å²) >= 11 is 0. The molecule has 1 unspecified atom stereocenters. The van der Waals surface area contributed by atoms with Gasteiger partial charge in [-0.15, -0.1) is 0 Å². The number of likely N-dealkylation sites (N-methyl/N-ethyl adjacent to an activating group) is 1. The summed E-state index contributed by atoms with van der Waals surface area (Å²) < 4.78 is 5.71. The fourth-order valence-electron chi connectivity index (χ4n) is 2.66. The number of rotatable bonds is 5. The van der Waals surface area contributed by atoms with Gasteiger partial charge in [-0.3, -0.25) is 0 Å². The van der Waals surface area contributed by atoms with Crippen LogP contribution in [0.5, 0.6) is 0 Å². The number of nitrogens with two attached hydrogens (primary N) is 1. The van der Waals surface area contributed by atoms with Crippen molar-refractivity contribution in [2.45, 2.75) is 51.1 Å². The average molecular weight is 226 g/mol. The van der Waals surface area contributed by atoms with Crippen LogP contribution >= 0.6 is 0 Å². The van der Waals surface area contributed by atoms with E-state index >= 15 is 0 Å². The Labute approximate surface area is 99.6 Å². The highest BCUT2D eigenvalue weighted by Gasteiger charge is 2.38. The number of hydrogen-bond acceptors (Lipinski definition) is 3. The Morgan fingerprint density at radius 3 is 2.44 bits per heavy atom. The first-order chi connectivity index (χ1) is 7.58. The molecule has 2 N–H and O–H groups in total. The molecule has 0 aromatic heterocycles. The van der Waals surface area contributed by atoms with Gasteiger partial charge < -0.3 is 15.4 Å². The third kappa shape index (κ3) is 2.41. The van der Waals surface area contributed by atoms with Crippen LogP contribution in [0.4, 0.5) is 0 Å². The largest absolute Gasteiger partial charge is 0.497 e. The third-order valence-electron chi connectivity index (χ3n) is 3.96. The van der Waals surface area contributed by atoms with Crippen molar-refractivity contribution >= 4 is 0 Å². The molecule has 0 saturated carbocycles. The van der Waals surface area contributed by atoms with Crippen molar-refractivity contribution in [1.29, 1.82) is 0 Å². The number of hydrogen-bond donors (Lipinski definition) is 1. The standard InChI is InChI=1S/C13H26N2O/c1-5-13(6-2,15(3)4)12(14)11-9-7-8-10-16-11/h9,12H,5-8,10,14H2,1-4H3. The van der Waals surface area contributed by atoms with Crippen LogP contribution in [0.3, 0.4) is 0 Å². The Bertz CT molecular complexity index is 244. The van der Waals surface area contributed by atoms with Gasteiger partial charge in [0.15, 0.2) is 0 Å². The highest BCUT2D eigenvalue weighted by atomic mass is 16.5. The summed E-state index contributed by atoms with van der Waals surface area (Å²) in [5.41, 5.74) is 6.43. The fraction of sp³-hybridized carbons (Fsp3) is 0.846. The van der Waals surface area contributed by atoms with Crippen molar-refractivity contribution in [2.24, 2.45) is 5.73 Å². The molecular weight excluding hydrogens is 200 g/mol. The molecule has 0 bridgehead atoms. The summed E-state index contributed by atoms with van der Waals surface area (Å²) in [5.74, 6) is 0.989. The molecule has 1 atom stereocenters. The second kappa shape index (κ2) is 5.69. The SMILES string of the molecule is CCC(CC)(C(N)C1=CCCCO1)N(C)C. The second-order valence-electron chi connectivity index (χ2n) is 4.78.